The van der Waals surface area contributed by atoms with Gasteiger partial charge in [0.2, 0.25) is 10.0 Å². The highest BCUT2D eigenvalue weighted by Crippen LogP contribution is 2.31. The van der Waals surface area contributed by atoms with E-state index in [4.69, 9.17) is 5.11 Å². The minimum atomic E-state index is -3.64. The largest absolute Gasteiger partial charge is 0.395 e. The fraction of sp³-hybridized carbons (Fsp3) is 0.500. The average Bonchev–Trinajstić information content (AvgIpc) is 3.28. The highest BCUT2D eigenvalue weighted by atomic mass is 32.2. The zero-order valence-electron chi connectivity index (χ0n) is 11.4. The van der Waals surface area contributed by atoms with E-state index in [-0.39, 0.29) is 29.9 Å². The summed E-state index contributed by atoms with van der Waals surface area (Å²) in [4.78, 5) is 11.8. The third-order valence-electron chi connectivity index (χ3n) is 3.36. The van der Waals surface area contributed by atoms with Gasteiger partial charge in [-0.1, -0.05) is 19.1 Å². The monoisotopic (exact) mass is 297 g/mol. The Hall–Kier alpha value is -1.24. The molecule has 1 aromatic carbocycles. The molecule has 0 aliphatic heterocycles. The van der Waals surface area contributed by atoms with Crippen LogP contribution in [0, 0.1) is 0 Å². The van der Waals surface area contributed by atoms with Crippen LogP contribution in [0.2, 0.25) is 0 Å². The van der Waals surface area contributed by atoms with Crippen LogP contribution in [-0.4, -0.2) is 42.8 Å². The first-order valence-electron chi connectivity index (χ1n) is 6.76. The normalized spacial score (nSPS) is 15.6. The quantitative estimate of drug-likeness (QED) is 0.772. The predicted molar refractivity (Wildman–Crippen MR) is 75.1 cm³/mol. The van der Waals surface area contributed by atoms with Crippen LogP contribution in [0.15, 0.2) is 29.2 Å². The average molecular weight is 297 g/mol. The van der Waals surface area contributed by atoms with Crippen LogP contribution < -0.4 is 0 Å². The molecule has 0 spiro atoms. The molecule has 0 unspecified atom stereocenters. The Labute approximate surface area is 119 Å². The van der Waals surface area contributed by atoms with Crippen molar-refractivity contribution in [1.29, 1.82) is 0 Å². The van der Waals surface area contributed by atoms with E-state index in [0.29, 0.717) is 12.0 Å². The molecule has 0 heterocycles. The molecule has 1 saturated carbocycles. The second kappa shape index (κ2) is 6.03. The molecule has 1 fully saturated rings. The second-order valence-corrected chi connectivity index (χ2v) is 6.77. The topological polar surface area (TPSA) is 74.7 Å². The minimum absolute atomic E-state index is 0.0160. The molecule has 0 aromatic heterocycles. The number of sulfonamides is 1. The van der Waals surface area contributed by atoms with Gasteiger partial charge in [-0.3, -0.25) is 4.79 Å². The summed E-state index contributed by atoms with van der Waals surface area (Å²) in [6.45, 7) is 1.63. The lowest BCUT2D eigenvalue weighted by Gasteiger charge is -2.21. The number of hydrogen-bond acceptors (Lipinski definition) is 4. The maximum absolute atomic E-state index is 12.6. The van der Waals surface area contributed by atoms with Crippen molar-refractivity contribution in [1.82, 2.24) is 4.31 Å². The zero-order valence-corrected chi connectivity index (χ0v) is 12.3. The number of carbonyl (C=O) groups excluding carboxylic acids is 1. The first-order valence-corrected chi connectivity index (χ1v) is 8.20. The van der Waals surface area contributed by atoms with E-state index in [2.05, 4.69) is 0 Å². The number of aliphatic hydroxyl groups is 1. The molecule has 20 heavy (non-hydrogen) atoms. The van der Waals surface area contributed by atoms with Crippen LogP contribution in [0.4, 0.5) is 0 Å². The third-order valence-corrected chi connectivity index (χ3v) is 5.31. The van der Waals surface area contributed by atoms with Gasteiger partial charge in [0.15, 0.2) is 5.78 Å². The second-order valence-electron chi connectivity index (χ2n) is 4.88. The highest BCUT2D eigenvalue weighted by molar-refractivity contribution is 7.89. The van der Waals surface area contributed by atoms with E-state index in [1.54, 1.807) is 19.1 Å². The number of benzene rings is 1. The van der Waals surface area contributed by atoms with Crippen molar-refractivity contribution in [2.75, 3.05) is 13.2 Å². The van der Waals surface area contributed by atoms with Crippen molar-refractivity contribution in [3.8, 4) is 0 Å². The molecule has 2 rings (SSSR count). The van der Waals surface area contributed by atoms with E-state index >= 15 is 0 Å². The van der Waals surface area contributed by atoms with Gasteiger partial charge in [0.25, 0.3) is 0 Å². The van der Waals surface area contributed by atoms with Crippen LogP contribution in [-0.2, 0) is 10.0 Å². The summed E-state index contributed by atoms with van der Waals surface area (Å²) < 4.78 is 26.5. The van der Waals surface area contributed by atoms with Crippen molar-refractivity contribution in [2.24, 2.45) is 0 Å². The van der Waals surface area contributed by atoms with Crippen LogP contribution in [0.3, 0.4) is 0 Å². The van der Waals surface area contributed by atoms with E-state index in [1.165, 1.54) is 16.4 Å². The molecule has 1 aliphatic rings. The van der Waals surface area contributed by atoms with Crippen molar-refractivity contribution in [3.05, 3.63) is 29.8 Å². The number of aliphatic hydroxyl groups excluding tert-OH is 1. The van der Waals surface area contributed by atoms with Gasteiger partial charge in [0.1, 0.15) is 0 Å². The van der Waals surface area contributed by atoms with Gasteiger partial charge in [-0.15, -0.1) is 0 Å². The standard InChI is InChI=1S/C14H19NO4S/c1-2-14(17)11-4-3-5-13(10-11)20(18,19)15(8-9-16)12-6-7-12/h3-5,10,12,16H,2,6-9H2,1H3. The number of ketones is 1. The summed E-state index contributed by atoms with van der Waals surface area (Å²) in [7, 11) is -3.64. The Morgan fingerprint density at radius 3 is 2.65 bits per heavy atom. The van der Waals surface area contributed by atoms with Crippen molar-refractivity contribution < 1.29 is 18.3 Å². The summed E-state index contributed by atoms with van der Waals surface area (Å²) >= 11 is 0. The molecular formula is C14H19NO4S. The van der Waals surface area contributed by atoms with Gasteiger partial charge in [-0.25, -0.2) is 8.42 Å². The Balaban J connectivity index is 2.35. The minimum Gasteiger partial charge on any atom is -0.395 e. The van der Waals surface area contributed by atoms with E-state index in [0.717, 1.165) is 12.8 Å². The van der Waals surface area contributed by atoms with E-state index < -0.39 is 10.0 Å². The summed E-state index contributed by atoms with van der Waals surface area (Å²) in [5, 5.41) is 9.04. The molecular weight excluding hydrogens is 278 g/mol. The van der Waals surface area contributed by atoms with Gasteiger partial charge in [-0.2, -0.15) is 4.31 Å². The van der Waals surface area contributed by atoms with Crippen molar-refractivity contribution >= 4 is 15.8 Å². The number of nitrogens with zero attached hydrogens (tertiary/aromatic N) is 1. The Morgan fingerprint density at radius 2 is 2.10 bits per heavy atom. The van der Waals surface area contributed by atoms with Crippen LogP contribution in [0.5, 0.6) is 0 Å². The predicted octanol–water partition coefficient (Wildman–Crippen LogP) is 1.42. The fourth-order valence-corrected chi connectivity index (χ4v) is 3.85. The molecule has 0 radical (unpaired) electrons. The molecule has 0 atom stereocenters. The van der Waals surface area contributed by atoms with Gasteiger partial charge in [0, 0.05) is 24.6 Å². The van der Waals surface area contributed by atoms with Gasteiger partial charge < -0.3 is 5.11 Å². The Bertz CT molecular complexity index is 593. The molecule has 110 valence electrons. The van der Waals surface area contributed by atoms with Gasteiger partial charge in [0.05, 0.1) is 11.5 Å². The lowest BCUT2D eigenvalue weighted by atomic mass is 10.1. The number of Topliss-reactive ketones (excluding diaryl/α,β-unsaturated/α-hetero) is 1. The molecule has 0 amide bonds. The Morgan fingerprint density at radius 1 is 1.40 bits per heavy atom. The molecule has 0 saturated heterocycles. The first-order chi connectivity index (χ1) is 9.50. The summed E-state index contributed by atoms with van der Waals surface area (Å²) in [6, 6.07) is 6.11. The Kier molecular flexibility index (Phi) is 4.57. The first kappa shape index (κ1) is 15.2. The maximum Gasteiger partial charge on any atom is 0.243 e. The van der Waals surface area contributed by atoms with Crippen LogP contribution in [0.25, 0.3) is 0 Å². The van der Waals surface area contributed by atoms with Gasteiger partial charge >= 0.3 is 0 Å². The van der Waals surface area contributed by atoms with E-state index in [1.807, 2.05) is 0 Å². The SMILES string of the molecule is CCC(=O)c1cccc(S(=O)(=O)N(CCO)C2CC2)c1. The number of rotatable bonds is 7. The molecule has 1 aliphatic carbocycles. The van der Waals surface area contributed by atoms with Crippen molar-refractivity contribution in [3.63, 3.8) is 0 Å². The fourth-order valence-electron chi connectivity index (χ4n) is 2.13. The molecule has 1 aromatic rings. The summed E-state index contributed by atoms with van der Waals surface area (Å²) in [6.07, 6.45) is 1.99. The van der Waals surface area contributed by atoms with Crippen LogP contribution in [0.1, 0.15) is 36.5 Å². The molecule has 5 nitrogen and oxygen atoms in total. The molecule has 1 N–H and O–H groups in total. The lowest BCUT2D eigenvalue weighted by Crippen LogP contribution is -2.35. The third kappa shape index (κ3) is 3.08. The zero-order chi connectivity index (χ0) is 14.8. The van der Waals surface area contributed by atoms with Gasteiger partial charge in [-0.05, 0) is 25.0 Å². The smallest absolute Gasteiger partial charge is 0.243 e. The number of hydrogen-bond donors (Lipinski definition) is 1. The summed E-state index contributed by atoms with van der Waals surface area (Å²) in [5.41, 5.74) is 0.410. The molecule has 6 heteroatoms. The summed E-state index contributed by atoms with van der Waals surface area (Å²) in [5.74, 6) is -0.0813. The molecule has 0 bridgehead atoms. The van der Waals surface area contributed by atoms with E-state index in [9.17, 15) is 13.2 Å². The number of carbonyl (C=O) groups is 1. The lowest BCUT2D eigenvalue weighted by molar-refractivity contribution is 0.0988. The maximum atomic E-state index is 12.6. The van der Waals surface area contributed by atoms with Crippen LogP contribution >= 0.6 is 0 Å². The van der Waals surface area contributed by atoms with Crippen molar-refractivity contribution in [2.45, 2.75) is 37.1 Å². The highest BCUT2D eigenvalue weighted by Gasteiger charge is 2.37.